The number of hydrogen-bond donors (Lipinski definition) is 1. The fourth-order valence-corrected chi connectivity index (χ4v) is 6.14. The molecule has 0 radical (unpaired) electrons. The number of carbonyl (C=O) groups is 1. The van der Waals surface area contributed by atoms with E-state index < -0.39 is 11.7 Å². The number of nitrogens with zero attached hydrogens (tertiary/aromatic N) is 4. The molecule has 8 nitrogen and oxygen atoms in total. The second kappa shape index (κ2) is 12.1. The zero-order valence-corrected chi connectivity index (χ0v) is 23.2. The van der Waals surface area contributed by atoms with Crippen molar-refractivity contribution in [3.63, 3.8) is 0 Å². The molecule has 0 spiro atoms. The molecule has 2 fully saturated rings. The smallest absolute Gasteiger partial charge is 0.413 e. The monoisotopic (exact) mass is 521 g/mol. The Labute approximate surface area is 227 Å². The number of likely N-dealkylation sites (tertiary alicyclic amines) is 2. The number of anilines is 1. The summed E-state index contributed by atoms with van der Waals surface area (Å²) in [5.74, 6) is 0.522. The molecule has 2 saturated heterocycles. The molecule has 0 bridgehead atoms. The van der Waals surface area contributed by atoms with Gasteiger partial charge in [-0.15, -0.1) is 0 Å². The van der Waals surface area contributed by atoms with Crippen LogP contribution < -0.4 is 5.32 Å². The minimum absolute atomic E-state index is 0.328. The summed E-state index contributed by atoms with van der Waals surface area (Å²) in [6.07, 6.45) is 14.1. The van der Waals surface area contributed by atoms with E-state index in [1.807, 2.05) is 39.1 Å². The largest absolute Gasteiger partial charge is 0.444 e. The maximum absolute atomic E-state index is 12.1. The van der Waals surface area contributed by atoms with Gasteiger partial charge >= 0.3 is 6.09 Å². The summed E-state index contributed by atoms with van der Waals surface area (Å²) >= 11 is 0. The zero-order valence-electron chi connectivity index (χ0n) is 23.2. The van der Waals surface area contributed by atoms with E-state index in [1.165, 1.54) is 36.9 Å². The average Bonchev–Trinajstić information content (AvgIpc) is 2.89. The minimum Gasteiger partial charge on any atom is -0.444 e. The first-order valence-electron chi connectivity index (χ1n) is 14.3. The third-order valence-corrected chi connectivity index (χ3v) is 7.85. The lowest BCUT2D eigenvalue weighted by molar-refractivity contribution is -0.0768. The van der Waals surface area contributed by atoms with Crippen molar-refractivity contribution in [3.8, 4) is 0 Å². The van der Waals surface area contributed by atoms with Gasteiger partial charge in [-0.3, -0.25) is 20.1 Å². The summed E-state index contributed by atoms with van der Waals surface area (Å²) in [5, 5.41) is 2.74. The Morgan fingerprint density at radius 3 is 2.71 bits per heavy atom. The molecule has 5 rings (SSSR count). The number of carbonyl (C=O) groups excluding carboxylic acids is 1. The minimum atomic E-state index is -0.539. The molecule has 0 saturated carbocycles. The van der Waals surface area contributed by atoms with Crippen molar-refractivity contribution in [3.05, 3.63) is 53.5 Å². The number of amides is 1. The van der Waals surface area contributed by atoms with E-state index in [0.717, 1.165) is 57.4 Å². The fraction of sp³-hybridized carbons (Fsp3) is 0.633. The normalized spacial score (nSPS) is 23.6. The summed E-state index contributed by atoms with van der Waals surface area (Å²) < 4.78 is 12.0. The molecule has 2 aromatic rings. The lowest BCUT2D eigenvalue weighted by Crippen LogP contribution is -2.45. The molecular formula is C30H43N5O3. The van der Waals surface area contributed by atoms with Crippen LogP contribution in [-0.4, -0.2) is 69.8 Å². The van der Waals surface area contributed by atoms with E-state index in [2.05, 4.69) is 37.3 Å². The number of rotatable bonds is 6. The van der Waals surface area contributed by atoms with Gasteiger partial charge in [0.1, 0.15) is 11.4 Å². The third kappa shape index (κ3) is 7.30. The van der Waals surface area contributed by atoms with Crippen LogP contribution in [0.3, 0.4) is 0 Å². The number of ether oxygens (including phenoxy) is 2. The van der Waals surface area contributed by atoms with E-state index >= 15 is 0 Å². The van der Waals surface area contributed by atoms with Crippen LogP contribution >= 0.6 is 0 Å². The molecule has 4 heterocycles. The first-order chi connectivity index (χ1) is 18.3. The van der Waals surface area contributed by atoms with E-state index in [1.54, 1.807) is 6.20 Å². The zero-order chi connectivity index (χ0) is 26.5. The third-order valence-electron chi connectivity index (χ3n) is 7.85. The SMILES string of the molecule is CC(C)(C)OC(=O)Nc1cc(CN2CCC(OC3CCCN(C4CCCc5cnccc54)C3)CC2)ccn1. The lowest BCUT2D eigenvalue weighted by Gasteiger charge is -2.42. The Kier molecular flexibility index (Phi) is 8.61. The number of fused-ring (bicyclic) bond motifs is 1. The lowest BCUT2D eigenvalue weighted by atomic mass is 9.87. The summed E-state index contributed by atoms with van der Waals surface area (Å²) in [5.41, 5.74) is 3.52. The van der Waals surface area contributed by atoms with Gasteiger partial charge in [-0.1, -0.05) is 0 Å². The molecule has 2 aliphatic heterocycles. The van der Waals surface area contributed by atoms with Crippen LogP contribution in [0.2, 0.25) is 0 Å². The van der Waals surface area contributed by atoms with Gasteiger partial charge < -0.3 is 9.47 Å². The number of piperidine rings is 2. The number of aromatic nitrogens is 2. The molecule has 3 aliphatic rings. The number of nitrogens with one attached hydrogen (secondary N) is 1. The Morgan fingerprint density at radius 1 is 1.05 bits per heavy atom. The van der Waals surface area contributed by atoms with Gasteiger partial charge in [0.25, 0.3) is 0 Å². The van der Waals surface area contributed by atoms with E-state index in [-0.39, 0.29) is 0 Å². The molecule has 38 heavy (non-hydrogen) atoms. The van der Waals surface area contributed by atoms with Crippen molar-refractivity contribution in [1.29, 1.82) is 0 Å². The molecule has 1 N–H and O–H groups in total. The molecule has 2 unspecified atom stereocenters. The van der Waals surface area contributed by atoms with E-state index in [9.17, 15) is 4.79 Å². The van der Waals surface area contributed by atoms with Crippen LogP contribution in [0.4, 0.5) is 10.6 Å². The average molecular weight is 522 g/mol. The summed E-state index contributed by atoms with van der Waals surface area (Å²) in [7, 11) is 0. The van der Waals surface area contributed by atoms with Gasteiger partial charge in [0, 0.05) is 50.8 Å². The molecule has 2 aromatic heterocycles. The van der Waals surface area contributed by atoms with Crippen LogP contribution in [0.5, 0.6) is 0 Å². The molecule has 0 aromatic carbocycles. The van der Waals surface area contributed by atoms with Crippen molar-refractivity contribution < 1.29 is 14.3 Å². The summed E-state index contributed by atoms with van der Waals surface area (Å²) in [6, 6.07) is 6.70. The van der Waals surface area contributed by atoms with E-state index in [0.29, 0.717) is 24.1 Å². The summed E-state index contributed by atoms with van der Waals surface area (Å²) in [4.78, 5) is 25.9. The van der Waals surface area contributed by atoms with Crippen LogP contribution in [0.1, 0.15) is 82.0 Å². The Hall–Kier alpha value is -2.55. The van der Waals surface area contributed by atoms with Gasteiger partial charge in [0.05, 0.1) is 12.2 Å². The number of hydrogen-bond acceptors (Lipinski definition) is 7. The maximum Gasteiger partial charge on any atom is 0.413 e. The second-order valence-electron chi connectivity index (χ2n) is 12.0. The van der Waals surface area contributed by atoms with Crippen LogP contribution in [0.25, 0.3) is 0 Å². The van der Waals surface area contributed by atoms with Crippen LogP contribution in [0.15, 0.2) is 36.8 Å². The quantitative estimate of drug-likeness (QED) is 0.549. The van der Waals surface area contributed by atoms with Crippen LogP contribution in [-0.2, 0) is 22.4 Å². The standard InChI is InChI=1S/C30H43N5O3/c1-30(2,3)38-29(36)33-28-18-22(9-14-32-28)20-34-16-11-24(12-17-34)37-25-7-5-15-35(21-25)27-8-4-6-23-19-31-13-10-26(23)27/h9-10,13-14,18-19,24-25,27H,4-8,11-12,15-17,20-21H2,1-3H3,(H,32,33,36). The van der Waals surface area contributed by atoms with Crippen molar-refractivity contribution in [2.45, 2.75) is 96.1 Å². The Bertz CT molecular complexity index is 1080. The van der Waals surface area contributed by atoms with Gasteiger partial charge in [0.15, 0.2) is 0 Å². The molecule has 206 valence electrons. The molecule has 1 amide bonds. The topological polar surface area (TPSA) is 79.8 Å². The van der Waals surface area contributed by atoms with Gasteiger partial charge in [-0.25, -0.2) is 9.78 Å². The van der Waals surface area contributed by atoms with Gasteiger partial charge in [0.2, 0.25) is 0 Å². The van der Waals surface area contributed by atoms with Crippen molar-refractivity contribution in [2.24, 2.45) is 0 Å². The predicted octanol–water partition coefficient (Wildman–Crippen LogP) is 5.35. The highest BCUT2D eigenvalue weighted by Gasteiger charge is 2.32. The van der Waals surface area contributed by atoms with Crippen LogP contribution in [0, 0.1) is 0 Å². The first kappa shape index (κ1) is 27.0. The predicted molar refractivity (Wildman–Crippen MR) is 148 cm³/mol. The highest BCUT2D eigenvalue weighted by atomic mass is 16.6. The maximum atomic E-state index is 12.1. The van der Waals surface area contributed by atoms with E-state index in [4.69, 9.17) is 9.47 Å². The molecule has 1 aliphatic carbocycles. The first-order valence-corrected chi connectivity index (χ1v) is 14.3. The van der Waals surface area contributed by atoms with Gasteiger partial charge in [-0.2, -0.15) is 0 Å². The number of aryl methyl sites for hydroxylation is 1. The Morgan fingerprint density at radius 2 is 1.89 bits per heavy atom. The summed E-state index contributed by atoms with van der Waals surface area (Å²) in [6.45, 7) is 10.6. The highest BCUT2D eigenvalue weighted by Crippen LogP contribution is 2.36. The highest BCUT2D eigenvalue weighted by molar-refractivity contribution is 5.83. The second-order valence-corrected chi connectivity index (χ2v) is 12.0. The number of pyridine rings is 2. The van der Waals surface area contributed by atoms with Crippen molar-refractivity contribution in [2.75, 3.05) is 31.5 Å². The van der Waals surface area contributed by atoms with Gasteiger partial charge in [-0.05, 0) is 107 Å². The fourth-order valence-electron chi connectivity index (χ4n) is 6.14. The molecule has 2 atom stereocenters. The van der Waals surface area contributed by atoms with Crippen molar-refractivity contribution in [1.82, 2.24) is 19.8 Å². The Balaban J connectivity index is 1.08. The molecule has 8 heteroatoms. The van der Waals surface area contributed by atoms with Crippen molar-refractivity contribution >= 4 is 11.9 Å². The molecular weight excluding hydrogens is 478 g/mol.